The molecular weight excluding hydrogens is 460 g/mol. The highest BCUT2D eigenvalue weighted by molar-refractivity contribution is 7.89. The predicted molar refractivity (Wildman–Crippen MR) is 129 cm³/mol. The van der Waals surface area contributed by atoms with Gasteiger partial charge in [0.15, 0.2) is 0 Å². The molecule has 172 valence electrons. The third-order valence-electron chi connectivity index (χ3n) is 6.34. The van der Waals surface area contributed by atoms with Gasteiger partial charge < -0.3 is 10.6 Å². The second-order valence-corrected chi connectivity index (χ2v) is 10.8. The van der Waals surface area contributed by atoms with E-state index in [-0.39, 0.29) is 28.7 Å². The van der Waals surface area contributed by atoms with Crippen molar-refractivity contribution in [2.45, 2.75) is 36.1 Å². The maximum absolute atomic E-state index is 12.8. The summed E-state index contributed by atoms with van der Waals surface area (Å²) in [6.45, 7) is 1.58. The number of nitrogens with one attached hydrogen (secondary N) is 3. The van der Waals surface area contributed by atoms with Gasteiger partial charge in [0.2, 0.25) is 15.9 Å². The predicted octanol–water partition coefficient (Wildman–Crippen LogP) is 3.66. The van der Waals surface area contributed by atoms with Gasteiger partial charge in [0.05, 0.1) is 9.92 Å². The highest BCUT2D eigenvalue weighted by Gasteiger charge is 2.44. The molecule has 3 N–H and O–H groups in total. The first-order valence-electron chi connectivity index (χ1n) is 11.1. The molecule has 3 aromatic rings. The highest BCUT2D eigenvalue weighted by atomic mass is 35.5. The molecule has 9 heteroatoms. The van der Waals surface area contributed by atoms with E-state index in [0.717, 1.165) is 42.1 Å². The fourth-order valence-corrected chi connectivity index (χ4v) is 5.92. The van der Waals surface area contributed by atoms with Crippen LogP contribution in [0.1, 0.15) is 30.7 Å². The second-order valence-electron chi connectivity index (χ2n) is 8.73. The maximum Gasteiger partial charge on any atom is 0.240 e. The van der Waals surface area contributed by atoms with Crippen LogP contribution in [0.2, 0.25) is 5.02 Å². The SMILES string of the molecule is O=C(Nc1ccc2cncc(Cl)c2c1)[C@@H]1CC1c1ccc(S(=O)(=O)N[C@@H]2CCCNC2)cc1. The van der Waals surface area contributed by atoms with Crippen LogP contribution < -0.4 is 15.4 Å². The van der Waals surface area contributed by atoms with Crippen molar-refractivity contribution in [1.29, 1.82) is 0 Å². The lowest BCUT2D eigenvalue weighted by atomic mass is 10.1. The van der Waals surface area contributed by atoms with Crippen LogP contribution in [0.3, 0.4) is 0 Å². The molecule has 2 aromatic carbocycles. The molecule has 5 rings (SSSR count). The summed E-state index contributed by atoms with van der Waals surface area (Å²) in [5.74, 6) is -0.0966. The van der Waals surface area contributed by atoms with Crippen molar-refractivity contribution >= 4 is 44.0 Å². The van der Waals surface area contributed by atoms with Crippen LogP contribution in [0.5, 0.6) is 0 Å². The van der Waals surface area contributed by atoms with Crippen LogP contribution in [-0.2, 0) is 14.8 Å². The molecule has 2 fully saturated rings. The van der Waals surface area contributed by atoms with Gasteiger partial charge in [0.25, 0.3) is 0 Å². The first-order chi connectivity index (χ1) is 15.9. The van der Waals surface area contributed by atoms with Crippen LogP contribution in [-0.4, -0.2) is 38.4 Å². The van der Waals surface area contributed by atoms with E-state index in [1.165, 1.54) is 0 Å². The number of amides is 1. The van der Waals surface area contributed by atoms with Crippen LogP contribution in [0.15, 0.2) is 59.8 Å². The summed E-state index contributed by atoms with van der Waals surface area (Å²) < 4.78 is 28.1. The molecule has 7 nitrogen and oxygen atoms in total. The van der Waals surface area contributed by atoms with E-state index in [1.807, 2.05) is 30.3 Å². The number of carbonyl (C=O) groups excluding carboxylic acids is 1. The van der Waals surface area contributed by atoms with Crippen LogP contribution in [0.25, 0.3) is 10.8 Å². The molecule has 1 saturated heterocycles. The van der Waals surface area contributed by atoms with Gasteiger partial charge >= 0.3 is 0 Å². The van der Waals surface area contributed by atoms with Gasteiger partial charge in [-0.25, -0.2) is 13.1 Å². The number of pyridine rings is 1. The van der Waals surface area contributed by atoms with Crippen molar-refractivity contribution in [3.8, 4) is 0 Å². The Morgan fingerprint density at radius 1 is 1.12 bits per heavy atom. The molecule has 1 saturated carbocycles. The van der Waals surface area contributed by atoms with Crippen molar-refractivity contribution in [3.63, 3.8) is 0 Å². The zero-order valence-electron chi connectivity index (χ0n) is 17.9. The number of sulfonamides is 1. The Labute approximate surface area is 198 Å². The number of nitrogens with zero attached hydrogens (tertiary/aromatic N) is 1. The van der Waals surface area contributed by atoms with Crippen LogP contribution in [0.4, 0.5) is 5.69 Å². The summed E-state index contributed by atoms with van der Waals surface area (Å²) >= 11 is 6.22. The van der Waals surface area contributed by atoms with Gasteiger partial charge in [0, 0.05) is 47.4 Å². The second kappa shape index (κ2) is 9.02. The van der Waals surface area contributed by atoms with E-state index >= 15 is 0 Å². The first kappa shape index (κ1) is 22.3. The Morgan fingerprint density at radius 2 is 1.94 bits per heavy atom. The zero-order valence-corrected chi connectivity index (χ0v) is 19.5. The molecule has 0 bridgehead atoms. The Kier molecular flexibility index (Phi) is 6.09. The molecule has 33 heavy (non-hydrogen) atoms. The molecule has 2 aliphatic rings. The molecule has 0 radical (unpaired) electrons. The Morgan fingerprint density at radius 3 is 2.70 bits per heavy atom. The molecular formula is C24H25ClN4O3S. The van der Waals surface area contributed by atoms with Gasteiger partial charge in [0.1, 0.15) is 0 Å². The number of fused-ring (bicyclic) bond motifs is 1. The summed E-state index contributed by atoms with van der Waals surface area (Å²) in [4.78, 5) is 17.1. The number of carbonyl (C=O) groups is 1. The Balaban J connectivity index is 1.22. The molecule has 2 heterocycles. The largest absolute Gasteiger partial charge is 0.326 e. The smallest absolute Gasteiger partial charge is 0.240 e. The number of aromatic nitrogens is 1. The van der Waals surface area contributed by atoms with Gasteiger partial charge in [-0.15, -0.1) is 0 Å². The highest BCUT2D eigenvalue weighted by Crippen LogP contribution is 2.48. The topological polar surface area (TPSA) is 100 Å². The normalized spacial score (nSPS) is 22.8. The summed E-state index contributed by atoms with van der Waals surface area (Å²) in [7, 11) is -3.56. The molecule has 1 aromatic heterocycles. The van der Waals surface area contributed by atoms with E-state index in [0.29, 0.717) is 17.3 Å². The number of halogens is 1. The molecule has 0 spiro atoms. The number of rotatable bonds is 6. The number of piperidine rings is 1. The van der Waals surface area contributed by atoms with Crippen molar-refractivity contribution < 1.29 is 13.2 Å². The third-order valence-corrected chi connectivity index (χ3v) is 8.18. The molecule has 3 atom stereocenters. The first-order valence-corrected chi connectivity index (χ1v) is 12.9. The van der Waals surface area contributed by atoms with Crippen LogP contribution in [0, 0.1) is 5.92 Å². The fourth-order valence-electron chi connectivity index (χ4n) is 4.43. The lowest BCUT2D eigenvalue weighted by Gasteiger charge is -2.23. The summed E-state index contributed by atoms with van der Waals surface area (Å²) in [6, 6.07) is 12.4. The maximum atomic E-state index is 12.8. The Bertz CT molecular complexity index is 1290. The van der Waals surface area contributed by atoms with E-state index in [1.54, 1.807) is 24.5 Å². The van der Waals surface area contributed by atoms with Crippen molar-refractivity contribution in [2.24, 2.45) is 5.92 Å². The van der Waals surface area contributed by atoms with Gasteiger partial charge in [-0.2, -0.15) is 0 Å². The third kappa shape index (κ3) is 4.89. The quantitative estimate of drug-likeness (QED) is 0.495. The summed E-state index contributed by atoms with van der Waals surface area (Å²) in [5.41, 5.74) is 1.66. The summed E-state index contributed by atoms with van der Waals surface area (Å²) in [6.07, 6.45) is 5.85. The van der Waals surface area contributed by atoms with Gasteiger partial charge in [-0.1, -0.05) is 29.8 Å². The molecule has 1 aliphatic heterocycles. The van der Waals surface area contributed by atoms with E-state index in [9.17, 15) is 13.2 Å². The zero-order chi connectivity index (χ0) is 23.0. The monoisotopic (exact) mass is 484 g/mol. The Hall–Kier alpha value is -2.52. The number of benzene rings is 2. The van der Waals surface area contributed by atoms with Gasteiger partial charge in [-0.05, 0) is 61.6 Å². The molecule has 1 amide bonds. The number of anilines is 1. The minimum Gasteiger partial charge on any atom is -0.326 e. The van der Waals surface area contributed by atoms with E-state index in [2.05, 4.69) is 20.3 Å². The minimum absolute atomic E-state index is 0.0484. The fraction of sp³-hybridized carbons (Fsp3) is 0.333. The van der Waals surface area contributed by atoms with Gasteiger partial charge in [-0.3, -0.25) is 9.78 Å². The van der Waals surface area contributed by atoms with Crippen LogP contribution >= 0.6 is 11.6 Å². The number of hydrogen-bond donors (Lipinski definition) is 3. The average Bonchev–Trinajstić information content (AvgIpc) is 3.61. The van der Waals surface area contributed by atoms with E-state index < -0.39 is 10.0 Å². The lowest BCUT2D eigenvalue weighted by molar-refractivity contribution is -0.117. The number of hydrogen-bond acceptors (Lipinski definition) is 5. The lowest BCUT2D eigenvalue weighted by Crippen LogP contribution is -2.45. The standard InChI is InChI=1S/C24H25ClN4O3S/c25-23-14-27-12-16-3-6-17(10-21(16)23)28-24(30)22-11-20(22)15-4-7-19(8-5-15)33(31,32)29-18-2-1-9-26-13-18/h3-8,10,12,14,18,20,22,26,29H,1-2,9,11,13H2,(H,28,30)/t18-,20?,22-/m1/s1. The average molecular weight is 485 g/mol. The molecule has 1 unspecified atom stereocenters. The van der Waals surface area contributed by atoms with Crippen molar-refractivity contribution in [2.75, 3.05) is 18.4 Å². The molecule has 1 aliphatic carbocycles. The summed E-state index contributed by atoms with van der Waals surface area (Å²) in [5, 5.41) is 8.47. The van der Waals surface area contributed by atoms with Crippen molar-refractivity contribution in [3.05, 3.63) is 65.4 Å². The van der Waals surface area contributed by atoms with E-state index in [4.69, 9.17) is 11.6 Å². The minimum atomic E-state index is -3.56. The van der Waals surface area contributed by atoms with Crippen molar-refractivity contribution in [1.82, 2.24) is 15.0 Å².